The first-order chi connectivity index (χ1) is 8.70. The molecule has 0 saturated heterocycles. The Labute approximate surface area is 112 Å². The molecule has 3 nitrogen and oxygen atoms in total. The maximum Gasteiger partial charge on any atom is 0.120 e. The average Bonchev–Trinajstić information content (AvgIpc) is 2.40. The van der Waals surface area contributed by atoms with E-state index in [-0.39, 0.29) is 0 Å². The lowest BCUT2D eigenvalue weighted by atomic mass is 10.2. The number of nitrogens with two attached hydrogens (primary N) is 1. The third-order valence-corrected chi connectivity index (χ3v) is 3.13. The summed E-state index contributed by atoms with van der Waals surface area (Å²) >= 11 is 5.96. The van der Waals surface area contributed by atoms with Crippen LogP contribution in [0.1, 0.15) is 16.8 Å². The minimum absolute atomic E-state index is 0.416. The molecule has 0 atom stereocenters. The van der Waals surface area contributed by atoms with Gasteiger partial charge < -0.3 is 10.5 Å². The average molecular weight is 263 g/mol. The standard InChI is InChI=1S/C14H15ClN2O/c1-10-7-12(4-5-13(10)15)18-9-11-3-2-6-17-14(11)8-16/h2-7H,8-9,16H2,1H3. The van der Waals surface area contributed by atoms with Crippen LogP contribution < -0.4 is 10.5 Å². The van der Waals surface area contributed by atoms with Crippen LogP contribution in [0.15, 0.2) is 36.5 Å². The molecule has 0 radical (unpaired) electrons. The lowest BCUT2D eigenvalue weighted by molar-refractivity contribution is 0.304. The molecule has 0 unspecified atom stereocenters. The van der Waals surface area contributed by atoms with Crippen molar-refractivity contribution in [2.24, 2.45) is 5.73 Å². The molecule has 0 spiro atoms. The van der Waals surface area contributed by atoms with E-state index >= 15 is 0 Å². The molecule has 0 aliphatic heterocycles. The van der Waals surface area contributed by atoms with E-state index in [0.29, 0.717) is 13.2 Å². The van der Waals surface area contributed by atoms with Crippen LogP contribution in [0, 0.1) is 6.92 Å². The molecule has 94 valence electrons. The van der Waals surface area contributed by atoms with Gasteiger partial charge in [0.15, 0.2) is 0 Å². The Morgan fingerprint density at radius 2 is 2.17 bits per heavy atom. The number of hydrogen-bond acceptors (Lipinski definition) is 3. The first-order valence-corrected chi connectivity index (χ1v) is 6.10. The van der Waals surface area contributed by atoms with E-state index in [1.165, 1.54) is 0 Å². The van der Waals surface area contributed by atoms with Crippen LogP contribution in [0.2, 0.25) is 5.02 Å². The minimum Gasteiger partial charge on any atom is -0.489 e. The fourth-order valence-corrected chi connectivity index (χ4v) is 1.77. The molecule has 0 aliphatic rings. The fourth-order valence-electron chi connectivity index (χ4n) is 1.65. The molecule has 0 saturated carbocycles. The van der Waals surface area contributed by atoms with Crippen molar-refractivity contribution in [2.75, 3.05) is 0 Å². The van der Waals surface area contributed by atoms with Gasteiger partial charge in [0.1, 0.15) is 12.4 Å². The van der Waals surface area contributed by atoms with E-state index in [0.717, 1.165) is 27.6 Å². The number of rotatable bonds is 4. The molecule has 2 N–H and O–H groups in total. The van der Waals surface area contributed by atoms with Crippen molar-refractivity contribution < 1.29 is 4.74 Å². The second-order valence-electron chi connectivity index (χ2n) is 4.01. The summed E-state index contributed by atoms with van der Waals surface area (Å²) in [6, 6.07) is 9.46. The summed E-state index contributed by atoms with van der Waals surface area (Å²) < 4.78 is 5.72. The number of benzene rings is 1. The zero-order chi connectivity index (χ0) is 13.0. The number of ether oxygens (including phenoxy) is 1. The van der Waals surface area contributed by atoms with E-state index in [2.05, 4.69) is 4.98 Å². The highest BCUT2D eigenvalue weighted by Crippen LogP contribution is 2.22. The number of hydrogen-bond donors (Lipinski definition) is 1. The molecule has 2 rings (SSSR count). The number of pyridine rings is 1. The summed E-state index contributed by atoms with van der Waals surface area (Å²) in [6.07, 6.45) is 1.73. The molecule has 1 aromatic heterocycles. The van der Waals surface area contributed by atoms with Crippen molar-refractivity contribution in [1.82, 2.24) is 4.98 Å². The van der Waals surface area contributed by atoms with Gasteiger partial charge in [0.25, 0.3) is 0 Å². The fraction of sp³-hybridized carbons (Fsp3) is 0.214. The normalized spacial score (nSPS) is 10.4. The highest BCUT2D eigenvalue weighted by atomic mass is 35.5. The van der Waals surface area contributed by atoms with Gasteiger partial charge in [-0.05, 0) is 36.8 Å². The largest absolute Gasteiger partial charge is 0.489 e. The highest BCUT2D eigenvalue weighted by Gasteiger charge is 2.03. The lowest BCUT2D eigenvalue weighted by Gasteiger charge is -2.10. The van der Waals surface area contributed by atoms with Gasteiger partial charge in [-0.1, -0.05) is 17.7 Å². The maximum atomic E-state index is 5.96. The van der Waals surface area contributed by atoms with Gasteiger partial charge in [0.05, 0.1) is 5.69 Å². The second-order valence-corrected chi connectivity index (χ2v) is 4.42. The van der Waals surface area contributed by atoms with Gasteiger partial charge in [-0.2, -0.15) is 0 Å². The first kappa shape index (κ1) is 12.9. The number of halogens is 1. The summed E-state index contributed by atoms with van der Waals surface area (Å²) in [5.41, 5.74) is 8.50. The van der Waals surface area contributed by atoms with Crippen LogP contribution in [0.3, 0.4) is 0 Å². The quantitative estimate of drug-likeness (QED) is 0.921. The van der Waals surface area contributed by atoms with Crippen LogP contribution in [-0.2, 0) is 13.2 Å². The van der Waals surface area contributed by atoms with Crippen molar-refractivity contribution >= 4 is 11.6 Å². The Kier molecular flexibility index (Phi) is 4.18. The Morgan fingerprint density at radius 3 is 2.89 bits per heavy atom. The summed E-state index contributed by atoms with van der Waals surface area (Å²) in [7, 11) is 0. The molecule has 1 aromatic carbocycles. The predicted octanol–water partition coefficient (Wildman–Crippen LogP) is 3.08. The Morgan fingerprint density at radius 1 is 1.33 bits per heavy atom. The maximum absolute atomic E-state index is 5.96. The van der Waals surface area contributed by atoms with Gasteiger partial charge in [-0.15, -0.1) is 0 Å². The third-order valence-electron chi connectivity index (χ3n) is 2.70. The zero-order valence-corrected chi connectivity index (χ0v) is 10.9. The van der Waals surface area contributed by atoms with Crippen LogP contribution in [0.25, 0.3) is 0 Å². The molecule has 1 heterocycles. The van der Waals surface area contributed by atoms with E-state index in [4.69, 9.17) is 22.1 Å². The Bertz CT molecular complexity index is 543. The summed E-state index contributed by atoms with van der Waals surface area (Å²) in [6.45, 7) is 2.82. The van der Waals surface area contributed by atoms with Gasteiger partial charge in [-0.25, -0.2) is 0 Å². The molecule has 0 bridgehead atoms. The number of aromatic nitrogens is 1. The van der Waals surface area contributed by atoms with Crippen LogP contribution in [0.4, 0.5) is 0 Å². The first-order valence-electron chi connectivity index (χ1n) is 5.72. The van der Waals surface area contributed by atoms with Gasteiger partial charge >= 0.3 is 0 Å². The smallest absolute Gasteiger partial charge is 0.120 e. The topological polar surface area (TPSA) is 48.1 Å². The zero-order valence-electron chi connectivity index (χ0n) is 10.2. The van der Waals surface area contributed by atoms with Crippen molar-refractivity contribution in [3.05, 3.63) is 58.4 Å². The molecule has 4 heteroatoms. The highest BCUT2D eigenvalue weighted by molar-refractivity contribution is 6.31. The van der Waals surface area contributed by atoms with Crippen molar-refractivity contribution in [2.45, 2.75) is 20.1 Å². The summed E-state index contributed by atoms with van der Waals surface area (Å²) in [5, 5.41) is 0.742. The molecule has 0 fully saturated rings. The van der Waals surface area contributed by atoms with Crippen LogP contribution in [0.5, 0.6) is 5.75 Å². The number of aryl methyl sites for hydroxylation is 1. The molecule has 18 heavy (non-hydrogen) atoms. The van der Waals surface area contributed by atoms with Crippen molar-refractivity contribution in [1.29, 1.82) is 0 Å². The van der Waals surface area contributed by atoms with Crippen molar-refractivity contribution in [3.63, 3.8) is 0 Å². The summed E-state index contributed by atoms with van der Waals surface area (Å²) in [4.78, 5) is 4.22. The molecular formula is C14H15ClN2O. The molecular weight excluding hydrogens is 248 g/mol. The SMILES string of the molecule is Cc1cc(OCc2cccnc2CN)ccc1Cl. The lowest BCUT2D eigenvalue weighted by Crippen LogP contribution is -2.06. The van der Waals surface area contributed by atoms with Crippen LogP contribution >= 0.6 is 11.6 Å². The van der Waals surface area contributed by atoms with E-state index in [1.807, 2.05) is 37.3 Å². The van der Waals surface area contributed by atoms with E-state index in [1.54, 1.807) is 6.20 Å². The monoisotopic (exact) mass is 262 g/mol. The molecule has 2 aromatic rings. The molecule has 0 amide bonds. The Hall–Kier alpha value is -1.58. The second kappa shape index (κ2) is 5.85. The van der Waals surface area contributed by atoms with E-state index < -0.39 is 0 Å². The van der Waals surface area contributed by atoms with E-state index in [9.17, 15) is 0 Å². The number of nitrogens with zero attached hydrogens (tertiary/aromatic N) is 1. The summed E-state index contributed by atoms with van der Waals surface area (Å²) in [5.74, 6) is 0.795. The van der Waals surface area contributed by atoms with Crippen LogP contribution in [-0.4, -0.2) is 4.98 Å². The minimum atomic E-state index is 0.416. The van der Waals surface area contributed by atoms with Gasteiger partial charge in [0, 0.05) is 23.3 Å². The predicted molar refractivity (Wildman–Crippen MR) is 72.6 cm³/mol. The third kappa shape index (κ3) is 3.00. The van der Waals surface area contributed by atoms with Gasteiger partial charge in [-0.3, -0.25) is 4.98 Å². The van der Waals surface area contributed by atoms with Gasteiger partial charge in [0.2, 0.25) is 0 Å². The Balaban J connectivity index is 2.09. The van der Waals surface area contributed by atoms with Crippen molar-refractivity contribution in [3.8, 4) is 5.75 Å². The molecule has 0 aliphatic carbocycles.